The lowest BCUT2D eigenvalue weighted by molar-refractivity contribution is 0.0298. The zero-order valence-corrected chi connectivity index (χ0v) is 74.3. The van der Waals surface area contributed by atoms with Crippen molar-refractivity contribution in [1.82, 2.24) is 24.5 Å². The number of unbranched alkanes of at least 4 members (excludes halogenated alkanes) is 45. The SMILES string of the molecule is CCCCCCCCCCCCN(CCOS(=O)(=O)O)CC(CN(CCCCCCCCCCCC)CC(CN(CCCCCCCCCCCC)CC(CN(CCCCCCCCCCCC)CC(CN(CCCCCCCCCCCC)CCOS(=O)(=O)O)OS(=O)(=O)O)OS(=O)(=O)O)OS(=O)(=O)O)OS(=O)(=O)O. The Bertz CT molecular complexity index is 2680. The lowest BCUT2D eigenvalue weighted by Gasteiger charge is -2.36. The molecule has 35 heteroatoms. The molecule has 0 radical (unpaired) electrons. The Morgan fingerprint density at radius 2 is 0.324 bits per heavy atom. The van der Waals surface area contributed by atoms with E-state index in [0.29, 0.717) is 64.5 Å². The van der Waals surface area contributed by atoms with Gasteiger partial charge in [-0.05, 0) is 64.8 Å². The molecule has 0 fully saturated rings. The standard InChI is InChI=1S/C76H159N5O24S6/c1-6-11-16-21-26-31-36-41-46-51-56-77(61-63-100-106(82,83)84)65-73(102-108(88,89)90)67-79(58-53-48-43-38-33-28-23-18-13-8-3)69-75(104-110(94,95)96)71-81(60-55-50-45-40-35-30-25-20-15-10-5)72-76(105-111(97,98)99)70-80(59-54-49-44-39-34-29-24-19-14-9-4)68-74(103-109(91,92)93)66-78(62-64-101-107(85,86)87)57-52-47-42-37-32-27-22-17-12-7-2/h73-76H,6-72H2,1-5H3,(H,82,83,84)(H,85,86,87)(H,88,89,90)(H,91,92,93)(H,94,95,96)(H,97,98,99). The van der Waals surface area contributed by atoms with Crippen molar-refractivity contribution in [1.29, 1.82) is 0 Å². The van der Waals surface area contributed by atoms with Gasteiger partial charge in [-0.3, -0.25) is 51.8 Å². The number of hydrogen-bond donors (Lipinski definition) is 6. The zero-order valence-electron chi connectivity index (χ0n) is 69.4. The van der Waals surface area contributed by atoms with E-state index in [1.54, 1.807) is 24.5 Å². The molecule has 668 valence electrons. The molecule has 0 heterocycles. The minimum atomic E-state index is -5.32. The third kappa shape index (κ3) is 79.9. The summed E-state index contributed by atoms with van der Waals surface area (Å²) in [4.78, 5) is 8.43. The van der Waals surface area contributed by atoms with Gasteiger partial charge in [0.05, 0.1) is 13.2 Å². The maximum absolute atomic E-state index is 13.2. The average molecular weight is 1720 g/mol. The third-order valence-electron chi connectivity index (χ3n) is 20.1. The molecular weight excluding hydrogens is 1560 g/mol. The van der Waals surface area contributed by atoms with E-state index in [9.17, 15) is 77.8 Å². The van der Waals surface area contributed by atoms with Gasteiger partial charge in [0.1, 0.15) is 24.4 Å². The second-order valence-corrected chi connectivity index (χ2v) is 37.2. The van der Waals surface area contributed by atoms with Gasteiger partial charge in [-0.1, -0.05) is 324 Å². The van der Waals surface area contributed by atoms with Gasteiger partial charge in [0, 0.05) is 65.4 Å². The van der Waals surface area contributed by atoms with Crippen molar-refractivity contribution in [2.24, 2.45) is 0 Å². The van der Waals surface area contributed by atoms with Crippen molar-refractivity contribution < 1.29 is 103 Å². The van der Waals surface area contributed by atoms with Crippen LogP contribution in [-0.2, 0) is 87.5 Å². The number of nitrogens with zero attached hydrogens (tertiary/aromatic N) is 5. The number of rotatable bonds is 87. The summed E-state index contributed by atoms with van der Waals surface area (Å²) in [6, 6.07) is 0. The summed E-state index contributed by atoms with van der Waals surface area (Å²) in [7, 11) is -30.8. The molecule has 0 saturated heterocycles. The maximum atomic E-state index is 13.2. The Kier molecular flexibility index (Phi) is 69.2. The molecular formula is C76H159N5O24S6. The van der Waals surface area contributed by atoms with Crippen molar-refractivity contribution in [3.05, 3.63) is 0 Å². The summed E-state index contributed by atoms with van der Waals surface area (Å²) in [5.41, 5.74) is 0. The van der Waals surface area contributed by atoms with Crippen LogP contribution in [0.15, 0.2) is 0 Å². The van der Waals surface area contributed by atoms with Gasteiger partial charge in [0.2, 0.25) is 0 Å². The van der Waals surface area contributed by atoms with E-state index in [-0.39, 0.29) is 85.1 Å². The smallest absolute Gasteiger partial charge is 0.298 e. The van der Waals surface area contributed by atoms with Crippen LogP contribution in [0.5, 0.6) is 0 Å². The first kappa shape index (κ1) is 110. The van der Waals surface area contributed by atoms with Gasteiger partial charge in [-0.2, -0.15) is 50.5 Å². The van der Waals surface area contributed by atoms with Crippen molar-refractivity contribution in [3.8, 4) is 0 Å². The molecule has 0 aromatic carbocycles. The monoisotopic (exact) mass is 1720 g/mol. The van der Waals surface area contributed by atoms with Crippen LogP contribution >= 0.6 is 0 Å². The predicted octanol–water partition coefficient (Wildman–Crippen LogP) is 16.5. The van der Waals surface area contributed by atoms with Gasteiger partial charge in [-0.25, -0.2) is 25.1 Å². The average Bonchev–Trinajstić information content (AvgIpc) is 0.863. The van der Waals surface area contributed by atoms with E-state index < -0.39 is 100 Å². The highest BCUT2D eigenvalue weighted by atomic mass is 32.3. The predicted molar refractivity (Wildman–Crippen MR) is 442 cm³/mol. The summed E-state index contributed by atoms with van der Waals surface area (Å²) in [6.07, 6.45) is 43.0. The first-order valence-corrected chi connectivity index (χ1v) is 51.4. The molecule has 0 bridgehead atoms. The third-order valence-corrected chi connectivity index (χ3v) is 23.1. The van der Waals surface area contributed by atoms with Crippen LogP contribution in [0.3, 0.4) is 0 Å². The van der Waals surface area contributed by atoms with Crippen LogP contribution < -0.4 is 0 Å². The van der Waals surface area contributed by atoms with E-state index in [1.807, 2.05) is 0 Å². The molecule has 4 atom stereocenters. The van der Waals surface area contributed by atoms with Crippen molar-refractivity contribution in [2.75, 3.05) is 111 Å². The summed E-state index contributed by atoms with van der Waals surface area (Å²) in [6.45, 7) is 8.03. The fourth-order valence-electron chi connectivity index (χ4n) is 14.5. The highest BCUT2D eigenvalue weighted by molar-refractivity contribution is 7.82. The van der Waals surface area contributed by atoms with Crippen molar-refractivity contribution in [3.63, 3.8) is 0 Å². The summed E-state index contributed by atoms with van der Waals surface area (Å²) in [5.74, 6) is 0. The van der Waals surface area contributed by atoms with Crippen LogP contribution in [0.2, 0.25) is 0 Å². The maximum Gasteiger partial charge on any atom is 0.397 e. The molecule has 0 amide bonds. The first-order valence-electron chi connectivity index (χ1n) is 43.2. The van der Waals surface area contributed by atoms with Crippen LogP contribution in [0, 0.1) is 0 Å². The van der Waals surface area contributed by atoms with Crippen molar-refractivity contribution in [2.45, 2.75) is 380 Å². The minimum absolute atomic E-state index is 0.131. The van der Waals surface area contributed by atoms with E-state index >= 15 is 0 Å². The normalized spacial score (nSPS) is 14.2. The Morgan fingerprint density at radius 1 is 0.189 bits per heavy atom. The molecule has 4 unspecified atom stereocenters. The van der Waals surface area contributed by atoms with Crippen molar-refractivity contribution >= 4 is 62.4 Å². The molecule has 0 rings (SSSR count). The second-order valence-electron chi connectivity index (χ2n) is 30.9. The van der Waals surface area contributed by atoms with Gasteiger partial charge in [0.15, 0.2) is 0 Å². The lowest BCUT2D eigenvalue weighted by atomic mass is 10.1. The van der Waals surface area contributed by atoms with E-state index in [0.717, 1.165) is 244 Å². The molecule has 0 aromatic heterocycles. The molecule has 0 saturated carbocycles. The zero-order chi connectivity index (χ0) is 82.8. The Morgan fingerprint density at radius 3 is 0.468 bits per heavy atom. The van der Waals surface area contributed by atoms with Gasteiger partial charge >= 0.3 is 62.4 Å². The molecule has 0 spiro atoms. The van der Waals surface area contributed by atoms with E-state index in [4.69, 9.17) is 25.1 Å². The molecule has 111 heavy (non-hydrogen) atoms. The molecule has 0 aromatic rings. The molecule has 6 N–H and O–H groups in total. The topological polar surface area (TPSA) is 398 Å². The van der Waals surface area contributed by atoms with E-state index in [2.05, 4.69) is 34.6 Å². The summed E-state index contributed by atoms with van der Waals surface area (Å²) < 4.78 is 244. The highest BCUT2D eigenvalue weighted by Crippen LogP contribution is 2.21. The quantitative estimate of drug-likeness (QED) is 0.0243. The first-order chi connectivity index (χ1) is 52.7. The number of hydrogen-bond acceptors (Lipinski definition) is 23. The highest BCUT2D eigenvalue weighted by Gasteiger charge is 2.33. The van der Waals surface area contributed by atoms with Gasteiger partial charge in [0.25, 0.3) is 0 Å². The van der Waals surface area contributed by atoms with Crippen LogP contribution in [-0.4, -0.2) is 238 Å². The molecule has 0 aliphatic rings. The molecule has 0 aliphatic heterocycles. The minimum Gasteiger partial charge on any atom is -0.298 e. The second kappa shape index (κ2) is 69.8. The Balaban J connectivity index is 8.05. The fourth-order valence-corrected chi connectivity index (χ4v) is 16.9. The lowest BCUT2D eigenvalue weighted by Crippen LogP contribution is -2.51. The largest absolute Gasteiger partial charge is 0.397 e. The van der Waals surface area contributed by atoms with Crippen LogP contribution in [0.4, 0.5) is 0 Å². The van der Waals surface area contributed by atoms with Crippen LogP contribution in [0.1, 0.15) is 356 Å². The molecule has 29 nitrogen and oxygen atoms in total. The fraction of sp³-hybridized carbons (Fsp3) is 1.00. The molecule has 0 aliphatic carbocycles. The van der Waals surface area contributed by atoms with E-state index in [1.165, 1.54) is 25.7 Å². The van der Waals surface area contributed by atoms with Crippen LogP contribution in [0.25, 0.3) is 0 Å². The Hall–Kier alpha value is -0.980. The van der Waals surface area contributed by atoms with Gasteiger partial charge in [-0.15, -0.1) is 0 Å². The van der Waals surface area contributed by atoms with Gasteiger partial charge < -0.3 is 0 Å². The summed E-state index contributed by atoms with van der Waals surface area (Å²) >= 11 is 0. The Labute approximate surface area is 677 Å². The summed E-state index contributed by atoms with van der Waals surface area (Å²) in [5, 5.41) is 0.